The van der Waals surface area contributed by atoms with Gasteiger partial charge in [-0.1, -0.05) is 32.9 Å². The van der Waals surface area contributed by atoms with Gasteiger partial charge in [0.2, 0.25) is 0 Å². The molecule has 2 heteroatoms. The highest BCUT2D eigenvalue weighted by atomic mass is 16.5. The Balaban J connectivity index is 2.10. The topological polar surface area (TPSA) is 29.5 Å². The molecule has 1 saturated carbocycles. The van der Waals surface area contributed by atoms with Gasteiger partial charge in [0.1, 0.15) is 5.75 Å². The van der Waals surface area contributed by atoms with Crippen molar-refractivity contribution in [3.8, 4) is 5.75 Å². The van der Waals surface area contributed by atoms with Gasteiger partial charge in [0.25, 0.3) is 0 Å². The lowest BCUT2D eigenvalue weighted by molar-refractivity contribution is 0.0338. The molecule has 1 fully saturated rings. The fourth-order valence-electron chi connectivity index (χ4n) is 2.84. The van der Waals surface area contributed by atoms with Gasteiger partial charge in [-0.2, -0.15) is 0 Å². The molecule has 18 heavy (non-hydrogen) atoms. The van der Waals surface area contributed by atoms with Gasteiger partial charge in [-0.25, -0.2) is 0 Å². The van der Waals surface area contributed by atoms with Crippen LogP contribution in [0.15, 0.2) is 24.3 Å². The van der Waals surface area contributed by atoms with Gasteiger partial charge in [0.15, 0.2) is 0 Å². The van der Waals surface area contributed by atoms with Gasteiger partial charge < -0.3 is 9.84 Å². The molecule has 2 nitrogen and oxygen atoms in total. The zero-order valence-electron chi connectivity index (χ0n) is 11.7. The van der Waals surface area contributed by atoms with Crippen molar-refractivity contribution in [1.29, 1.82) is 0 Å². The minimum Gasteiger partial charge on any atom is -0.494 e. The van der Waals surface area contributed by atoms with E-state index in [1.807, 2.05) is 24.3 Å². The van der Waals surface area contributed by atoms with Crippen LogP contribution in [0, 0.1) is 5.41 Å². The summed E-state index contributed by atoms with van der Waals surface area (Å²) in [4.78, 5) is 0. The van der Waals surface area contributed by atoms with Crippen molar-refractivity contribution in [2.75, 3.05) is 6.61 Å². The Labute approximate surface area is 110 Å². The molecule has 1 aliphatic rings. The van der Waals surface area contributed by atoms with Crippen LogP contribution in [0.4, 0.5) is 0 Å². The van der Waals surface area contributed by atoms with E-state index >= 15 is 0 Å². The Bertz CT molecular complexity index is 394. The zero-order valence-corrected chi connectivity index (χ0v) is 11.7. The standard InChI is InChI=1S/C16H24O2/c1-4-11-18-14-7-5-13(6-8-14)16(17)10-9-15(2,3)12-16/h5-8,17H,4,9-12H2,1-3H3. The lowest BCUT2D eigenvalue weighted by Gasteiger charge is -2.25. The van der Waals surface area contributed by atoms with Crippen LogP contribution in [0.25, 0.3) is 0 Å². The van der Waals surface area contributed by atoms with Crippen molar-refractivity contribution in [3.05, 3.63) is 29.8 Å². The van der Waals surface area contributed by atoms with Crippen LogP contribution in [0.2, 0.25) is 0 Å². The molecular weight excluding hydrogens is 224 g/mol. The summed E-state index contributed by atoms with van der Waals surface area (Å²) in [6, 6.07) is 7.95. The van der Waals surface area contributed by atoms with E-state index in [0.717, 1.165) is 43.6 Å². The maximum atomic E-state index is 10.7. The number of rotatable bonds is 4. The molecule has 100 valence electrons. The van der Waals surface area contributed by atoms with Crippen molar-refractivity contribution in [2.24, 2.45) is 5.41 Å². The summed E-state index contributed by atoms with van der Waals surface area (Å²) < 4.78 is 5.57. The first-order valence-corrected chi connectivity index (χ1v) is 6.91. The Kier molecular flexibility index (Phi) is 3.67. The summed E-state index contributed by atoms with van der Waals surface area (Å²) in [6.07, 6.45) is 3.79. The van der Waals surface area contributed by atoms with Crippen LogP contribution in [0.3, 0.4) is 0 Å². The first-order valence-electron chi connectivity index (χ1n) is 6.91. The van der Waals surface area contributed by atoms with Crippen molar-refractivity contribution in [1.82, 2.24) is 0 Å². The third-order valence-electron chi connectivity index (χ3n) is 3.85. The normalized spacial score (nSPS) is 26.2. The smallest absolute Gasteiger partial charge is 0.119 e. The maximum absolute atomic E-state index is 10.7. The predicted octanol–water partition coefficient (Wildman–Crippen LogP) is 3.87. The highest BCUT2D eigenvalue weighted by Gasteiger charge is 2.42. The van der Waals surface area contributed by atoms with Crippen LogP contribution < -0.4 is 4.74 Å². The Morgan fingerprint density at radius 2 is 1.83 bits per heavy atom. The Morgan fingerprint density at radius 3 is 2.33 bits per heavy atom. The summed E-state index contributed by atoms with van der Waals surface area (Å²) in [7, 11) is 0. The average Bonchev–Trinajstić information content (AvgIpc) is 2.63. The first-order chi connectivity index (χ1) is 8.45. The molecule has 0 aliphatic heterocycles. The van der Waals surface area contributed by atoms with E-state index in [1.54, 1.807) is 0 Å². The molecule has 0 aromatic heterocycles. The summed E-state index contributed by atoms with van der Waals surface area (Å²) in [5, 5.41) is 10.7. The van der Waals surface area contributed by atoms with E-state index < -0.39 is 5.60 Å². The molecule has 1 atom stereocenters. The molecule has 1 aromatic rings. The molecule has 1 aliphatic carbocycles. The largest absolute Gasteiger partial charge is 0.494 e. The fourth-order valence-corrected chi connectivity index (χ4v) is 2.84. The lowest BCUT2D eigenvalue weighted by Crippen LogP contribution is -2.23. The van der Waals surface area contributed by atoms with Crippen LogP contribution in [0.1, 0.15) is 52.0 Å². The number of hydrogen-bond donors (Lipinski definition) is 1. The molecule has 0 spiro atoms. The van der Waals surface area contributed by atoms with Gasteiger partial charge in [-0.05, 0) is 48.8 Å². The van der Waals surface area contributed by atoms with Crippen LogP contribution >= 0.6 is 0 Å². The van der Waals surface area contributed by atoms with E-state index in [9.17, 15) is 5.11 Å². The monoisotopic (exact) mass is 248 g/mol. The zero-order chi connectivity index (χ0) is 13.2. The minimum absolute atomic E-state index is 0.242. The SMILES string of the molecule is CCCOc1ccc(C2(O)CCC(C)(C)C2)cc1. The molecule has 0 amide bonds. The van der Waals surface area contributed by atoms with Crippen LogP contribution in [-0.2, 0) is 5.60 Å². The van der Waals surface area contributed by atoms with Crippen LogP contribution in [-0.4, -0.2) is 11.7 Å². The van der Waals surface area contributed by atoms with Crippen molar-refractivity contribution < 1.29 is 9.84 Å². The second-order valence-electron chi connectivity index (χ2n) is 6.25. The number of benzene rings is 1. The Morgan fingerprint density at radius 1 is 1.17 bits per heavy atom. The van der Waals surface area contributed by atoms with Crippen molar-refractivity contribution in [2.45, 2.75) is 52.1 Å². The van der Waals surface area contributed by atoms with Gasteiger partial charge in [-0.3, -0.25) is 0 Å². The van der Waals surface area contributed by atoms with E-state index in [0.29, 0.717) is 0 Å². The summed E-state index contributed by atoms with van der Waals surface area (Å²) in [5.41, 5.74) is 0.621. The van der Waals surface area contributed by atoms with Gasteiger partial charge in [0, 0.05) is 0 Å². The van der Waals surface area contributed by atoms with Gasteiger partial charge >= 0.3 is 0 Å². The molecule has 0 radical (unpaired) electrons. The molecule has 2 rings (SSSR count). The molecular formula is C16H24O2. The molecule has 0 bridgehead atoms. The molecule has 1 N–H and O–H groups in total. The van der Waals surface area contributed by atoms with Gasteiger partial charge in [-0.15, -0.1) is 0 Å². The van der Waals surface area contributed by atoms with E-state index in [-0.39, 0.29) is 5.41 Å². The maximum Gasteiger partial charge on any atom is 0.119 e. The van der Waals surface area contributed by atoms with Gasteiger partial charge in [0.05, 0.1) is 12.2 Å². The quantitative estimate of drug-likeness (QED) is 0.876. The third kappa shape index (κ3) is 2.86. The highest BCUT2D eigenvalue weighted by molar-refractivity contribution is 5.31. The van der Waals surface area contributed by atoms with Crippen molar-refractivity contribution in [3.63, 3.8) is 0 Å². The van der Waals surface area contributed by atoms with Crippen LogP contribution in [0.5, 0.6) is 5.75 Å². The number of ether oxygens (including phenoxy) is 1. The second-order valence-corrected chi connectivity index (χ2v) is 6.25. The average molecular weight is 248 g/mol. The fraction of sp³-hybridized carbons (Fsp3) is 0.625. The van der Waals surface area contributed by atoms with E-state index in [2.05, 4.69) is 20.8 Å². The summed E-state index contributed by atoms with van der Waals surface area (Å²) in [6.45, 7) is 7.29. The first kappa shape index (κ1) is 13.4. The molecule has 0 saturated heterocycles. The third-order valence-corrected chi connectivity index (χ3v) is 3.85. The number of hydrogen-bond acceptors (Lipinski definition) is 2. The summed E-state index contributed by atoms with van der Waals surface area (Å²) in [5.74, 6) is 0.890. The minimum atomic E-state index is -0.646. The molecule has 1 unspecified atom stereocenters. The number of aliphatic hydroxyl groups is 1. The van der Waals surface area contributed by atoms with E-state index in [4.69, 9.17) is 4.74 Å². The highest BCUT2D eigenvalue weighted by Crippen LogP contribution is 2.48. The molecule has 1 aromatic carbocycles. The predicted molar refractivity (Wildman–Crippen MR) is 73.8 cm³/mol. The van der Waals surface area contributed by atoms with Crippen molar-refractivity contribution >= 4 is 0 Å². The van der Waals surface area contributed by atoms with E-state index in [1.165, 1.54) is 0 Å². The Hall–Kier alpha value is -1.02. The lowest BCUT2D eigenvalue weighted by atomic mass is 9.86. The second kappa shape index (κ2) is 4.93. The molecule has 0 heterocycles. The summed E-state index contributed by atoms with van der Waals surface area (Å²) >= 11 is 0.